The third kappa shape index (κ3) is 7.16. The molecule has 0 saturated carbocycles. The van der Waals surface area contributed by atoms with Crippen LogP contribution in [0.4, 0.5) is 4.79 Å². The number of hydrogen-bond acceptors (Lipinski definition) is 5. The summed E-state index contributed by atoms with van der Waals surface area (Å²) in [6, 6.07) is 3.75. The topological polar surface area (TPSA) is 64.5 Å². The van der Waals surface area contributed by atoms with Crippen molar-refractivity contribution >= 4 is 17.7 Å². The summed E-state index contributed by atoms with van der Waals surface area (Å²) in [6.07, 6.45) is 4.85. The van der Waals surface area contributed by atoms with Gasteiger partial charge in [0.2, 0.25) is 0 Å². The molecule has 0 N–H and O–H groups in total. The molecule has 1 aliphatic rings. The van der Waals surface area contributed by atoms with Crippen LogP contribution in [0.3, 0.4) is 0 Å². The largest absolute Gasteiger partial charge is 0.444 e. The maximum atomic E-state index is 12.4. The maximum Gasteiger partial charge on any atom is 0.410 e. The van der Waals surface area contributed by atoms with Crippen LogP contribution in [0.15, 0.2) is 12.1 Å². The van der Waals surface area contributed by atoms with Crippen LogP contribution in [-0.4, -0.2) is 46.0 Å². The van der Waals surface area contributed by atoms with Gasteiger partial charge in [0.25, 0.3) is 0 Å². The van der Waals surface area contributed by atoms with Crippen LogP contribution in [0.2, 0.25) is 5.15 Å². The highest BCUT2D eigenvalue weighted by Gasteiger charge is 2.29. The molecule has 0 aliphatic carbocycles. The van der Waals surface area contributed by atoms with Crippen molar-refractivity contribution in [2.45, 2.75) is 71.1 Å². The molecule has 1 aromatic rings. The molecule has 0 spiro atoms. The lowest BCUT2D eigenvalue weighted by Gasteiger charge is -2.36. The number of nitrogens with zero attached hydrogens (tertiary/aromatic N) is 3. The molecule has 25 heavy (non-hydrogen) atoms. The molecule has 0 radical (unpaired) electrons. The van der Waals surface area contributed by atoms with Crippen molar-refractivity contribution in [3.05, 3.63) is 23.0 Å². The molecule has 0 bridgehead atoms. The van der Waals surface area contributed by atoms with E-state index in [1.165, 1.54) is 0 Å². The zero-order valence-corrected chi connectivity index (χ0v) is 16.1. The molecule has 7 heteroatoms. The third-order valence-electron chi connectivity index (χ3n) is 4.02. The smallest absolute Gasteiger partial charge is 0.410 e. The van der Waals surface area contributed by atoms with Crippen LogP contribution < -0.4 is 0 Å². The normalized spacial score (nSPS) is 18.2. The highest BCUT2D eigenvalue weighted by Crippen LogP contribution is 2.23. The van der Waals surface area contributed by atoms with Gasteiger partial charge in [0, 0.05) is 19.2 Å². The fourth-order valence-electron chi connectivity index (χ4n) is 2.88. The van der Waals surface area contributed by atoms with Gasteiger partial charge < -0.3 is 14.4 Å². The van der Waals surface area contributed by atoms with Gasteiger partial charge >= 0.3 is 6.09 Å². The Bertz CT molecular complexity index is 545. The quantitative estimate of drug-likeness (QED) is 0.702. The Morgan fingerprint density at radius 2 is 2.12 bits per heavy atom. The van der Waals surface area contributed by atoms with Gasteiger partial charge in [0.15, 0.2) is 5.15 Å². The van der Waals surface area contributed by atoms with Gasteiger partial charge in [-0.2, -0.15) is 5.10 Å². The van der Waals surface area contributed by atoms with E-state index in [4.69, 9.17) is 21.1 Å². The summed E-state index contributed by atoms with van der Waals surface area (Å²) in [6.45, 7) is 7.53. The van der Waals surface area contributed by atoms with Crippen molar-refractivity contribution in [3.8, 4) is 0 Å². The SMILES string of the molecule is CC(C)(C)OC(=O)N1CCCCC1CCCOCc1ccc(Cl)nn1. The molecule has 2 heterocycles. The minimum absolute atomic E-state index is 0.199. The molecule has 1 aromatic heterocycles. The van der Waals surface area contributed by atoms with Crippen molar-refractivity contribution in [2.24, 2.45) is 0 Å². The van der Waals surface area contributed by atoms with Gasteiger partial charge in [-0.05, 0) is 65.0 Å². The molecule has 0 aromatic carbocycles. The predicted octanol–water partition coefficient (Wildman–Crippen LogP) is 4.22. The van der Waals surface area contributed by atoms with Crippen LogP contribution in [0.25, 0.3) is 0 Å². The number of carbonyl (C=O) groups excluding carboxylic acids is 1. The summed E-state index contributed by atoms with van der Waals surface area (Å²) in [5, 5.41) is 8.12. The maximum absolute atomic E-state index is 12.4. The predicted molar refractivity (Wildman–Crippen MR) is 96.5 cm³/mol. The highest BCUT2D eigenvalue weighted by molar-refractivity contribution is 6.29. The van der Waals surface area contributed by atoms with Crippen molar-refractivity contribution < 1.29 is 14.3 Å². The van der Waals surface area contributed by atoms with E-state index in [0.717, 1.165) is 44.3 Å². The molecule has 2 rings (SSSR count). The minimum Gasteiger partial charge on any atom is -0.444 e. The van der Waals surface area contributed by atoms with E-state index in [1.807, 2.05) is 25.7 Å². The van der Waals surface area contributed by atoms with E-state index in [0.29, 0.717) is 18.4 Å². The first-order valence-electron chi connectivity index (χ1n) is 8.90. The van der Waals surface area contributed by atoms with Crippen LogP contribution in [-0.2, 0) is 16.1 Å². The number of aromatic nitrogens is 2. The van der Waals surface area contributed by atoms with Gasteiger partial charge in [0.05, 0.1) is 12.3 Å². The number of likely N-dealkylation sites (tertiary alicyclic amines) is 1. The molecule has 1 saturated heterocycles. The average molecular weight is 370 g/mol. The monoisotopic (exact) mass is 369 g/mol. The lowest BCUT2D eigenvalue weighted by atomic mass is 9.98. The molecular weight excluding hydrogens is 342 g/mol. The lowest BCUT2D eigenvalue weighted by Crippen LogP contribution is -2.46. The standard InChI is InChI=1S/C18H28ClN3O3/c1-18(2,3)25-17(23)22-11-5-4-7-15(22)8-6-12-24-13-14-9-10-16(19)21-20-14/h9-10,15H,4-8,11-13H2,1-3H3. The Morgan fingerprint density at radius 1 is 1.32 bits per heavy atom. The number of carbonyl (C=O) groups is 1. The number of ether oxygens (including phenoxy) is 2. The van der Waals surface area contributed by atoms with Crippen molar-refractivity contribution in [2.75, 3.05) is 13.2 Å². The fourth-order valence-corrected chi connectivity index (χ4v) is 2.98. The van der Waals surface area contributed by atoms with Crippen molar-refractivity contribution in [1.29, 1.82) is 0 Å². The van der Waals surface area contributed by atoms with Crippen LogP contribution in [0, 0.1) is 0 Å². The summed E-state index contributed by atoms with van der Waals surface area (Å²) < 4.78 is 11.2. The van der Waals surface area contributed by atoms with Crippen LogP contribution >= 0.6 is 11.6 Å². The van der Waals surface area contributed by atoms with E-state index < -0.39 is 5.60 Å². The Labute approximate surface area is 154 Å². The van der Waals surface area contributed by atoms with E-state index in [2.05, 4.69) is 10.2 Å². The van der Waals surface area contributed by atoms with E-state index >= 15 is 0 Å². The summed E-state index contributed by atoms with van der Waals surface area (Å²) in [5.41, 5.74) is 0.305. The number of piperidine rings is 1. The first-order valence-corrected chi connectivity index (χ1v) is 9.28. The second-order valence-corrected chi connectivity index (χ2v) is 7.75. The molecule has 1 aliphatic heterocycles. The van der Waals surface area contributed by atoms with Crippen LogP contribution in [0.1, 0.15) is 58.6 Å². The second-order valence-electron chi connectivity index (χ2n) is 7.37. The number of halogens is 1. The molecule has 1 fully saturated rings. The minimum atomic E-state index is -0.457. The Balaban J connectivity index is 1.72. The van der Waals surface area contributed by atoms with Gasteiger partial charge in [0.1, 0.15) is 5.60 Å². The van der Waals surface area contributed by atoms with E-state index in [-0.39, 0.29) is 12.1 Å². The Kier molecular flexibility index (Phi) is 7.44. The van der Waals surface area contributed by atoms with Gasteiger partial charge in [-0.1, -0.05) is 11.6 Å². The Hall–Kier alpha value is -1.40. The Morgan fingerprint density at radius 3 is 2.80 bits per heavy atom. The molecule has 1 unspecified atom stereocenters. The molecule has 140 valence electrons. The fraction of sp³-hybridized carbons (Fsp3) is 0.722. The summed E-state index contributed by atoms with van der Waals surface area (Å²) in [4.78, 5) is 14.3. The lowest BCUT2D eigenvalue weighted by molar-refractivity contribution is 0.00723. The zero-order chi connectivity index (χ0) is 18.3. The van der Waals surface area contributed by atoms with Gasteiger partial charge in [-0.25, -0.2) is 4.79 Å². The third-order valence-corrected chi connectivity index (χ3v) is 4.22. The highest BCUT2D eigenvalue weighted by atomic mass is 35.5. The summed E-state index contributed by atoms with van der Waals surface area (Å²) >= 11 is 5.70. The first-order chi connectivity index (χ1) is 11.8. The van der Waals surface area contributed by atoms with Gasteiger partial charge in [-0.3, -0.25) is 0 Å². The summed E-state index contributed by atoms with van der Waals surface area (Å²) in [7, 11) is 0. The molecule has 6 nitrogen and oxygen atoms in total. The van der Waals surface area contributed by atoms with E-state index in [1.54, 1.807) is 12.1 Å². The molecular formula is C18H28ClN3O3. The first kappa shape index (κ1) is 19.9. The second kappa shape index (κ2) is 9.34. The zero-order valence-electron chi connectivity index (χ0n) is 15.3. The molecule has 1 atom stereocenters. The van der Waals surface area contributed by atoms with E-state index in [9.17, 15) is 4.79 Å². The number of rotatable bonds is 6. The van der Waals surface area contributed by atoms with Crippen LogP contribution in [0.5, 0.6) is 0 Å². The van der Waals surface area contributed by atoms with Crippen molar-refractivity contribution in [1.82, 2.24) is 15.1 Å². The molecule has 1 amide bonds. The summed E-state index contributed by atoms with van der Waals surface area (Å²) in [5.74, 6) is 0. The number of hydrogen-bond donors (Lipinski definition) is 0. The number of amides is 1. The average Bonchev–Trinajstić information content (AvgIpc) is 2.55. The van der Waals surface area contributed by atoms with Crippen molar-refractivity contribution in [3.63, 3.8) is 0 Å². The van der Waals surface area contributed by atoms with Gasteiger partial charge in [-0.15, -0.1) is 5.10 Å².